The van der Waals surface area contributed by atoms with Crippen LogP contribution in [0.25, 0.3) is 6.08 Å². The lowest BCUT2D eigenvalue weighted by molar-refractivity contribution is -0.384. The molecule has 2 aromatic carbocycles. The van der Waals surface area contributed by atoms with Crippen LogP contribution in [0.5, 0.6) is 0 Å². The molecule has 2 aromatic rings. The van der Waals surface area contributed by atoms with E-state index in [0.717, 1.165) is 0 Å². The number of nitro groups is 1. The first-order valence-corrected chi connectivity index (χ1v) is 9.70. The summed E-state index contributed by atoms with van der Waals surface area (Å²) in [5.74, 6) is -0.352. The van der Waals surface area contributed by atoms with Crippen LogP contribution in [0.3, 0.4) is 0 Å². The Morgan fingerprint density at radius 2 is 1.85 bits per heavy atom. The number of sulfonamides is 1. The lowest BCUT2D eigenvalue weighted by Gasteiger charge is -2.06. The number of allylic oxidation sites excluding steroid dienone is 1. The first-order chi connectivity index (χ1) is 12.8. The number of nitro benzene ring substituents is 1. The van der Waals surface area contributed by atoms with Gasteiger partial charge >= 0.3 is 0 Å². The Balaban J connectivity index is 2.15. The molecule has 0 unspecified atom stereocenters. The molecule has 0 amide bonds. The summed E-state index contributed by atoms with van der Waals surface area (Å²) in [4.78, 5) is 22.8. The van der Waals surface area contributed by atoms with Crippen LogP contribution in [0.4, 0.5) is 17.1 Å². The van der Waals surface area contributed by atoms with Crippen molar-refractivity contribution < 1.29 is 18.1 Å². The molecule has 0 aromatic heterocycles. The van der Waals surface area contributed by atoms with E-state index < -0.39 is 14.9 Å². The normalized spacial score (nSPS) is 11.3. The lowest BCUT2D eigenvalue weighted by Crippen LogP contribution is -2.14. The zero-order valence-corrected chi connectivity index (χ0v) is 15.6. The van der Waals surface area contributed by atoms with Crippen molar-refractivity contribution in [1.29, 1.82) is 0 Å². The van der Waals surface area contributed by atoms with Gasteiger partial charge in [0.15, 0.2) is 5.78 Å². The molecule has 27 heavy (non-hydrogen) atoms. The van der Waals surface area contributed by atoms with E-state index in [0.29, 0.717) is 22.5 Å². The molecule has 0 saturated carbocycles. The van der Waals surface area contributed by atoms with Crippen LogP contribution in [-0.4, -0.2) is 31.9 Å². The number of carbonyl (C=O) groups is 1. The third-order valence-corrected chi connectivity index (χ3v) is 5.04. The number of rotatable bonds is 8. The number of anilines is 2. The van der Waals surface area contributed by atoms with Gasteiger partial charge in [-0.15, -0.1) is 0 Å². The van der Waals surface area contributed by atoms with Gasteiger partial charge in [-0.05, 0) is 48.9 Å². The van der Waals surface area contributed by atoms with Gasteiger partial charge in [-0.25, -0.2) is 8.42 Å². The topological polar surface area (TPSA) is 118 Å². The van der Waals surface area contributed by atoms with Gasteiger partial charge in [-0.3, -0.25) is 19.6 Å². The molecule has 0 bridgehead atoms. The molecule has 0 aliphatic rings. The van der Waals surface area contributed by atoms with E-state index in [-0.39, 0.29) is 17.2 Å². The summed E-state index contributed by atoms with van der Waals surface area (Å²) >= 11 is 0. The predicted octanol–water partition coefficient (Wildman–Crippen LogP) is 3.29. The fourth-order valence-electron chi connectivity index (χ4n) is 2.24. The molecule has 0 aliphatic carbocycles. The van der Waals surface area contributed by atoms with Gasteiger partial charge in [0.1, 0.15) is 5.69 Å². The van der Waals surface area contributed by atoms with Gasteiger partial charge in [-0.2, -0.15) is 0 Å². The summed E-state index contributed by atoms with van der Waals surface area (Å²) in [5, 5.41) is 13.8. The smallest absolute Gasteiger partial charge is 0.292 e. The summed E-state index contributed by atoms with van der Waals surface area (Å²) in [6, 6.07) is 10.6. The Morgan fingerprint density at radius 1 is 1.19 bits per heavy atom. The van der Waals surface area contributed by atoms with E-state index in [2.05, 4.69) is 10.0 Å². The minimum atomic E-state index is -3.38. The Kier molecular flexibility index (Phi) is 6.30. The highest BCUT2D eigenvalue weighted by Gasteiger charge is 2.13. The van der Waals surface area contributed by atoms with E-state index in [1.54, 1.807) is 19.2 Å². The summed E-state index contributed by atoms with van der Waals surface area (Å²) in [5.41, 5.74) is 1.55. The first-order valence-electron chi connectivity index (χ1n) is 8.05. The molecule has 0 saturated heterocycles. The second kappa shape index (κ2) is 8.45. The van der Waals surface area contributed by atoms with Gasteiger partial charge in [0.05, 0.1) is 10.7 Å². The summed E-state index contributed by atoms with van der Waals surface area (Å²) in [7, 11) is -1.79. The molecule has 0 aliphatic heterocycles. The number of nitrogens with one attached hydrogen (secondary N) is 2. The fourth-order valence-corrected chi connectivity index (χ4v) is 2.88. The van der Waals surface area contributed by atoms with Crippen LogP contribution in [0.2, 0.25) is 0 Å². The van der Waals surface area contributed by atoms with Crippen molar-refractivity contribution in [2.24, 2.45) is 0 Å². The minimum Gasteiger partial charge on any atom is -0.383 e. The van der Waals surface area contributed by atoms with E-state index in [1.807, 2.05) is 0 Å². The maximum Gasteiger partial charge on any atom is 0.292 e. The second-order valence-corrected chi connectivity index (χ2v) is 7.58. The van der Waals surface area contributed by atoms with E-state index in [9.17, 15) is 23.3 Å². The number of nitrogens with zero attached hydrogens (tertiary/aromatic N) is 1. The molecule has 0 heterocycles. The maximum atomic E-state index is 12.2. The Hall–Kier alpha value is -3.20. The van der Waals surface area contributed by atoms with E-state index in [1.165, 1.54) is 49.4 Å². The van der Waals surface area contributed by atoms with Crippen molar-refractivity contribution in [3.05, 3.63) is 69.8 Å². The lowest BCUT2D eigenvalue weighted by atomic mass is 10.1. The number of hydrogen-bond donors (Lipinski definition) is 2. The van der Waals surface area contributed by atoms with Crippen molar-refractivity contribution in [3.63, 3.8) is 0 Å². The Morgan fingerprint density at radius 3 is 2.41 bits per heavy atom. The maximum absolute atomic E-state index is 12.2. The predicted molar refractivity (Wildman–Crippen MR) is 106 cm³/mol. The first kappa shape index (κ1) is 20.1. The van der Waals surface area contributed by atoms with Gasteiger partial charge in [0.2, 0.25) is 10.0 Å². The zero-order valence-electron chi connectivity index (χ0n) is 14.8. The number of carbonyl (C=O) groups excluding carboxylic acids is 1. The highest BCUT2D eigenvalue weighted by atomic mass is 32.2. The zero-order chi connectivity index (χ0) is 20.0. The van der Waals surface area contributed by atoms with E-state index in [4.69, 9.17) is 0 Å². The molecule has 0 fully saturated rings. The fraction of sp³-hybridized carbons (Fsp3) is 0.167. The monoisotopic (exact) mass is 389 g/mol. The van der Waals surface area contributed by atoms with E-state index >= 15 is 0 Å². The molecule has 0 spiro atoms. The van der Waals surface area contributed by atoms with Gasteiger partial charge < -0.3 is 5.32 Å². The molecule has 9 heteroatoms. The average molecular weight is 389 g/mol. The third-order valence-electron chi connectivity index (χ3n) is 3.74. The van der Waals surface area contributed by atoms with Gasteiger partial charge in [-0.1, -0.05) is 12.1 Å². The third kappa shape index (κ3) is 5.38. The van der Waals surface area contributed by atoms with Crippen LogP contribution in [-0.2, 0) is 10.0 Å². The Labute approximate surface area is 157 Å². The van der Waals surface area contributed by atoms with Crippen LogP contribution in [0, 0.1) is 10.1 Å². The number of hydrogen-bond acceptors (Lipinski definition) is 6. The largest absolute Gasteiger partial charge is 0.383 e. The van der Waals surface area contributed by atoms with Crippen molar-refractivity contribution in [3.8, 4) is 0 Å². The minimum absolute atomic E-state index is 0.0467. The molecule has 8 nitrogen and oxygen atoms in total. The molecular weight excluding hydrogens is 370 g/mol. The summed E-state index contributed by atoms with van der Waals surface area (Å²) in [6.07, 6.45) is 2.80. The van der Waals surface area contributed by atoms with Crippen LogP contribution >= 0.6 is 0 Å². The number of ketones is 1. The van der Waals surface area contributed by atoms with Crippen molar-refractivity contribution in [1.82, 2.24) is 0 Å². The molecule has 0 radical (unpaired) electrons. The van der Waals surface area contributed by atoms with Crippen LogP contribution in [0.1, 0.15) is 22.8 Å². The van der Waals surface area contributed by atoms with Crippen molar-refractivity contribution in [2.75, 3.05) is 22.8 Å². The van der Waals surface area contributed by atoms with Crippen LogP contribution in [0.15, 0.2) is 48.5 Å². The molecule has 0 atom stereocenters. The van der Waals surface area contributed by atoms with Crippen molar-refractivity contribution >= 4 is 38.9 Å². The van der Waals surface area contributed by atoms with Crippen LogP contribution < -0.4 is 10.0 Å². The number of benzene rings is 2. The highest BCUT2D eigenvalue weighted by molar-refractivity contribution is 7.92. The standard InChI is InChI=1S/C18H19N3O5S/c1-3-27(25,26)20-15-8-6-14(7-9-15)18(22)11-5-13-4-10-16(19-2)17(12-13)21(23)24/h4-12,19-20H,3H2,1-2H3. The molecule has 142 valence electrons. The average Bonchev–Trinajstić information content (AvgIpc) is 2.66. The molecule has 2 rings (SSSR count). The molecular formula is C18H19N3O5S. The van der Waals surface area contributed by atoms with Gasteiger partial charge in [0.25, 0.3) is 5.69 Å². The van der Waals surface area contributed by atoms with Gasteiger partial charge in [0, 0.05) is 24.4 Å². The quantitative estimate of drug-likeness (QED) is 0.309. The highest BCUT2D eigenvalue weighted by Crippen LogP contribution is 2.25. The summed E-state index contributed by atoms with van der Waals surface area (Å²) < 4.78 is 25.4. The molecule has 2 N–H and O–H groups in total. The second-order valence-electron chi connectivity index (χ2n) is 5.56. The van der Waals surface area contributed by atoms with Crippen molar-refractivity contribution in [2.45, 2.75) is 6.92 Å². The SMILES string of the molecule is CCS(=O)(=O)Nc1ccc(C(=O)C=Cc2ccc(NC)c([N+](=O)[O-])c2)cc1. The summed E-state index contributed by atoms with van der Waals surface area (Å²) in [6.45, 7) is 1.53. The Bertz CT molecular complexity index is 983.